The van der Waals surface area contributed by atoms with Crippen molar-refractivity contribution in [2.45, 2.75) is 6.54 Å². The Bertz CT molecular complexity index is 1490. The monoisotopic (exact) mass is 535 g/mol. The van der Waals surface area contributed by atoms with Gasteiger partial charge in [-0.2, -0.15) is 5.10 Å². The van der Waals surface area contributed by atoms with E-state index in [-0.39, 0.29) is 18.3 Å². The first-order valence-corrected chi connectivity index (χ1v) is 12.5. The Morgan fingerprint density at radius 2 is 1.86 bits per heavy atom. The van der Waals surface area contributed by atoms with Crippen molar-refractivity contribution in [2.24, 2.45) is 0 Å². The van der Waals surface area contributed by atoms with Gasteiger partial charge in [0.05, 0.1) is 29.3 Å². The van der Waals surface area contributed by atoms with Crippen molar-refractivity contribution in [1.29, 1.82) is 0 Å². The van der Waals surface area contributed by atoms with Gasteiger partial charge in [0.2, 0.25) is 0 Å². The molecule has 5 rings (SSSR count). The Morgan fingerprint density at radius 3 is 2.56 bits per heavy atom. The standard InChI is InChI=1S/C27H19ClFN3O2S2/c1-34-23-12-9-18(13-22(23)28)25-19(16-32(30-25)21-5-3-2-4-6-21)14-24-26(33)31(27(35)36-24)15-17-7-10-20(29)11-8-17/h2-14,16H,15H2,1H3/b24-14-. The van der Waals surface area contributed by atoms with Gasteiger partial charge in [-0.25, -0.2) is 9.07 Å². The Morgan fingerprint density at radius 1 is 1.11 bits per heavy atom. The zero-order chi connectivity index (χ0) is 25.2. The van der Waals surface area contributed by atoms with Gasteiger partial charge in [0.25, 0.3) is 5.91 Å². The molecule has 4 aromatic rings. The summed E-state index contributed by atoms with van der Waals surface area (Å²) in [6, 6.07) is 21.2. The van der Waals surface area contributed by atoms with E-state index in [9.17, 15) is 9.18 Å². The van der Waals surface area contributed by atoms with Crippen molar-refractivity contribution >= 4 is 51.9 Å². The highest BCUT2D eigenvalue weighted by atomic mass is 35.5. The molecule has 9 heteroatoms. The minimum atomic E-state index is -0.328. The van der Waals surface area contributed by atoms with Gasteiger partial charge in [-0.05, 0) is 54.1 Å². The van der Waals surface area contributed by atoms with Crippen LogP contribution in [0.5, 0.6) is 5.75 Å². The molecular weight excluding hydrogens is 517 g/mol. The average Bonchev–Trinajstić information content (AvgIpc) is 3.42. The number of thiocarbonyl (C=S) groups is 1. The van der Waals surface area contributed by atoms with Crippen molar-refractivity contribution in [3.63, 3.8) is 0 Å². The van der Waals surface area contributed by atoms with Gasteiger partial charge < -0.3 is 4.74 Å². The van der Waals surface area contributed by atoms with Crippen LogP contribution in [-0.2, 0) is 11.3 Å². The number of carbonyl (C=O) groups is 1. The van der Waals surface area contributed by atoms with Crippen LogP contribution in [0, 0.1) is 5.82 Å². The van der Waals surface area contributed by atoms with E-state index in [0.717, 1.165) is 22.4 Å². The van der Waals surface area contributed by atoms with Crippen LogP contribution in [-0.4, -0.2) is 32.0 Å². The number of hydrogen-bond donors (Lipinski definition) is 0. The summed E-state index contributed by atoms with van der Waals surface area (Å²) in [4.78, 5) is 15.3. The van der Waals surface area contributed by atoms with Crippen molar-refractivity contribution < 1.29 is 13.9 Å². The summed E-state index contributed by atoms with van der Waals surface area (Å²) >= 11 is 13.1. The third-order valence-electron chi connectivity index (χ3n) is 5.60. The first kappa shape index (κ1) is 24.2. The zero-order valence-corrected chi connectivity index (χ0v) is 21.4. The second kappa shape index (κ2) is 10.3. The van der Waals surface area contributed by atoms with Gasteiger partial charge in [0, 0.05) is 17.3 Å². The van der Waals surface area contributed by atoms with Crippen LogP contribution in [0.25, 0.3) is 23.0 Å². The molecule has 3 aromatic carbocycles. The van der Waals surface area contributed by atoms with Gasteiger partial charge in [0.1, 0.15) is 21.6 Å². The number of halogens is 2. The highest BCUT2D eigenvalue weighted by Gasteiger charge is 2.32. The van der Waals surface area contributed by atoms with Crippen LogP contribution >= 0.6 is 35.6 Å². The normalized spacial score (nSPS) is 14.6. The molecule has 1 amide bonds. The van der Waals surface area contributed by atoms with Crippen LogP contribution in [0.4, 0.5) is 4.39 Å². The number of amides is 1. The quantitative estimate of drug-likeness (QED) is 0.202. The lowest BCUT2D eigenvalue weighted by molar-refractivity contribution is -0.122. The van der Waals surface area contributed by atoms with E-state index >= 15 is 0 Å². The maximum absolute atomic E-state index is 13.3. The Balaban J connectivity index is 1.53. The van der Waals surface area contributed by atoms with Crippen LogP contribution in [0.3, 0.4) is 0 Å². The molecule has 5 nitrogen and oxygen atoms in total. The predicted octanol–water partition coefficient (Wildman–Crippen LogP) is 6.74. The van der Waals surface area contributed by atoms with Crippen LogP contribution in [0.2, 0.25) is 5.02 Å². The van der Waals surface area contributed by atoms with Crippen molar-refractivity contribution in [1.82, 2.24) is 14.7 Å². The number of carbonyl (C=O) groups excluding carboxylic acids is 1. The van der Waals surface area contributed by atoms with Crippen molar-refractivity contribution in [3.8, 4) is 22.7 Å². The smallest absolute Gasteiger partial charge is 0.266 e. The van der Waals surface area contributed by atoms with E-state index in [1.165, 1.54) is 28.8 Å². The van der Waals surface area contributed by atoms with E-state index in [4.69, 9.17) is 33.7 Å². The van der Waals surface area contributed by atoms with Gasteiger partial charge in [-0.3, -0.25) is 9.69 Å². The maximum Gasteiger partial charge on any atom is 0.266 e. The summed E-state index contributed by atoms with van der Waals surface area (Å²) in [5.74, 6) is 0.0252. The Hall–Kier alpha value is -3.46. The number of hydrogen-bond acceptors (Lipinski definition) is 5. The third kappa shape index (κ3) is 4.93. The number of methoxy groups -OCH3 is 1. The molecule has 0 bridgehead atoms. The van der Waals surface area contributed by atoms with E-state index in [1.807, 2.05) is 42.6 Å². The fourth-order valence-electron chi connectivity index (χ4n) is 3.79. The SMILES string of the molecule is COc1ccc(-c2nn(-c3ccccc3)cc2/C=C2\SC(=S)N(Cc3ccc(F)cc3)C2=O)cc1Cl. The fourth-order valence-corrected chi connectivity index (χ4v) is 5.30. The molecule has 1 aromatic heterocycles. The molecule has 0 aliphatic carbocycles. The minimum absolute atomic E-state index is 0.208. The summed E-state index contributed by atoms with van der Waals surface area (Å²) in [5, 5.41) is 5.26. The second-order valence-corrected chi connectivity index (χ2v) is 10.0. The molecule has 0 N–H and O–H groups in total. The molecule has 0 spiro atoms. The molecule has 1 saturated heterocycles. The topological polar surface area (TPSA) is 47.4 Å². The van der Waals surface area contributed by atoms with E-state index in [2.05, 4.69) is 0 Å². The van der Waals surface area contributed by atoms with Crippen molar-refractivity contribution in [2.75, 3.05) is 7.11 Å². The fraction of sp³-hybridized carbons (Fsp3) is 0.0741. The van der Waals surface area contributed by atoms with Crippen LogP contribution in [0.15, 0.2) is 83.9 Å². The minimum Gasteiger partial charge on any atom is -0.495 e. The van der Waals surface area contributed by atoms with Crippen LogP contribution in [0.1, 0.15) is 11.1 Å². The number of para-hydroxylation sites is 1. The van der Waals surface area contributed by atoms with Gasteiger partial charge in [-0.15, -0.1) is 0 Å². The lowest BCUT2D eigenvalue weighted by Gasteiger charge is -2.14. The molecule has 2 heterocycles. The van der Waals surface area contributed by atoms with Gasteiger partial charge >= 0.3 is 0 Å². The molecule has 0 atom stereocenters. The number of thioether (sulfide) groups is 1. The summed E-state index contributed by atoms with van der Waals surface area (Å²) < 4.78 is 20.8. The second-order valence-electron chi connectivity index (χ2n) is 7.96. The highest BCUT2D eigenvalue weighted by Crippen LogP contribution is 2.37. The molecular formula is C27H19ClFN3O2S2. The summed E-state index contributed by atoms with van der Waals surface area (Å²) in [6.07, 6.45) is 3.67. The van der Waals surface area contributed by atoms with E-state index in [1.54, 1.807) is 42.1 Å². The molecule has 1 fully saturated rings. The lowest BCUT2D eigenvalue weighted by atomic mass is 10.1. The lowest BCUT2D eigenvalue weighted by Crippen LogP contribution is -2.27. The van der Waals surface area contributed by atoms with E-state index in [0.29, 0.717) is 25.7 Å². The first-order valence-electron chi connectivity index (χ1n) is 10.9. The molecule has 1 aliphatic rings. The first-order chi connectivity index (χ1) is 17.4. The summed E-state index contributed by atoms with van der Waals surface area (Å²) in [5.41, 5.74) is 3.85. The predicted molar refractivity (Wildman–Crippen MR) is 146 cm³/mol. The number of rotatable bonds is 6. The Labute approximate surface area is 222 Å². The van der Waals surface area contributed by atoms with Gasteiger partial charge in [-0.1, -0.05) is 65.9 Å². The zero-order valence-electron chi connectivity index (χ0n) is 19.0. The van der Waals surface area contributed by atoms with Crippen molar-refractivity contribution in [3.05, 3.63) is 106 Å². The largest absolute Gasteiger partial charge is 0.495 e. The van der Waals surface area contributed by atoms with Gasteiger partial charge in [0.15, 0.2) is 0 Å². The molecule has 0 saturated carbocycles. The molecule has 180 valence electrons. The molecule has 0 unspecified atom stereocenters. The molecule has 1 aliphatic heterocycles. The van der Waals surface area contributed by atoms with E-state index < -0.39 is 0 Å². The highest BCUT2D eigenvalue weighted by molar-refractivity contribution is 8.26. The number of aromatic nitrogens is 2. The summed E-state index contributed by atoms with van der Waals surface area (Å²) in [7, 11) is 1.56. The third-order valence-corrected chi connectivity index (χ3v) is 7.28. The Kier molecular flexibility index (Phi) is 6.91. The van der Waals surface area contributed by atoms with Crippen LogP contribution < -0.4 is 4.74 Å². The number of benzene rings is 3. The maximum atomic E-state index is 13.3. The summed E-state index contributed by atoms with van der Waals surface area (Å²) in [6.45, 7) is 0.270. The average molecular weight is 536 g/mol. The number of ether oxygens (including phenoxy) is 1. The molecule has 0 radical (unpaired) electrons. The molecule has 36 heavy (non-hydrogen) atoms. The number of nitrogens with zero attached hydrogens (tertiary/aromatic N) is 3.